The molecule has 1 aliphatic rings. The van der Waals surface area contributed by atoms with Gasteiger partial charge < -0.3 is 5.11 Å². The molecule has 0 amide bonds. The monoisotopic (exact) mass is 243 g/mol. The molecule has 0 bridgehead atoms. The number of hydrogen-bond acceptors (Lipinski definition) is 3. The van der Waals surface area contributed by atoms with Gasteiger partial charge in [-0.3, -0.25) is 9.63 Å². The average molecular weight is 243 g/mol. The third-order valence-electron chi connectivity index (χ3n) is 3.29. The van der Waals surface area contributed by atoms with Gasteiger partial charge in [0.25, 0.3) is 0 Å². The van der Waals surface area contributed by atoms with Crippen molar-refractivity contribution in [3.63, 3.8) is 0 Å². The Balaban J connectivity index is 3.06. The minimum absolute atomic E-state index is 0.264. The van der Waals surface area contributed by atoms with Crippen LogP contribution in [0.3, 0.4) is 0 Å². The Bertz CT molecular complexity index is 315. The molecule has 1 heterocycles. The van der Waals surface area contributed by atoms with Crippen LogP contribution < -0.4 is 0 Å². The van der Waals surface area contributed by atoms with E-state index in [1.807, 2.05) is 53.5 Å². The third-order valence-corrected chi connectivity index (χ3v) is 3.29. The van der Waals surface area contributed by atoms with Crippen molar-refractivity contribution >= 4 is 5.97 Å². The number of carbonyl (C=O) groups is 1. The topological polar surface area (TPSA) is 49.8 Å². The Morgan fingerprint density at radius 1 is 1.29 bits per heavy atom. The molecular weight excluding hydrogens is 218 g/mol. The highest BCUT2D eigenvalue weighted by Gasteiger charge is 2.56. The van der Waals surface area contributed by atoms with Gasteiger partial charge in [0.2, 0.25) is 0 Å². The van der Waals surface area contributed by atoms with E-state index in [1.54, 1.807) is 0 Å². The molecule has 4 heteroatoms. The summed E-state index contributed by atoms with van der Waals surface area (Å²) in [4.78, 5) is 17.3. The number of hydrogen-bond donors (Lipinski definition) is 1. The molecule has 1 unspecified atom stereocenters. The van der Waals surface area contributed by atoms with E-state index in [1.165, 1.54) is 0 Å². The van der Waals surface area contributed by atoms with E-state index < -0.39 is 17.4 Å². The summed E-state index contributed by atoms with van der Waals surface area (Å²) >= 11 is 0. The second-order valence-corrected chi connectivity index (χ2v) is 7.06. The Kier molecular flexibility index (Phi) is 3.36. The molecule has 0 aromatic carbocycles. The van der Waals surface area contributed by atoms with Gasteiger partial charge in [-0.2, -0.15) is 5.06 Å². The van der Waals surface area contributed by atoms with Crippen molar-refractivity contribution in [2.45, 2.75) is 71.6 Å². The maximum Gasteiger partial charge on any atom is 0.308 e. The van der Waals surface area contributed by atoms with E-state index in [2.05, 4.69) is 0 Å². The van der Waals surface area contributed by atoms with Crippen LogP contribution in [0.25, 0.3) is 0 Å². The third kappa shape index (κ3) is 2.80. The maximum absolute atomic E-state index is 11.3. The van der Waals surface area contributed by atoms with Gasteiger partial charge in [-0.1, -0.05) is 0 Å². The zero-order chi connectivity index (χ0) is 13.6. The van der Waals surface area contributed by atoms with Crippen molar-refractivity contribution in [3.8, 4) is 0 Å². The number of rotatable bonds is 2. The molecule has 1 fully saturated rings. The van der Waals surface area contributed by atoms with E-state index in [9.17, 15) is 9.90 Å². The molecule has 4 nitrogen and oxygen atoms in total. The van der Waals surface area contributed by atoms with Gasteiger partial charge in [-0.25, -0.2) is 0 Å². The fourth-order valence-electron chi connectivity index (χ4n) is 2.66. The minimum Gasteiger partial charge on any atom is -0.481 e. The van der Waals surface area contributed by atoms with E-state index in [0.717, 1.165) is 0 Å². The van der Waals surface area contributed by atoms with E-state index in [4.69, 9.17) is 4.84 Å². The van der Waals surface area contributed by atoms with E-state index in [-0.39, 0.29) is 11.1 Å². The average Bonchev–Trinajstić information content (AvgIpc) is 2.23. The summed E-state index contributed by atoms with van der Waals surface area (Å²) in [6.45, 7) is 13.9. The number of carboxylic acid groups (broad SMARTS) is 1. The maximum atomic E-state index is 11.3. The van der Waals surface area contributed by atoms with Gasteiger partial charge in [0.1, 0.15) is 0 Å². The molecule has 1 aliphatic heterocycles. The lowest BCUT2D eigenvalue weighted by Gasteiger charge is -2.43. The molecule has 1 N–H and O–H groups in total. The molecular formula is C13H25NO3. The molecule has 0 aliphatic carbocycles. The van der Waals surface area contributed by atoms with E-state index in [0.29, 0.717) is 6.42 Å². The highest BCUT2D eigenvalue weighted by atomic mass is 16.7. The minimum atomic E-state index is -0.747. The van der Waals surface area contributed by atoms with Crippen LogP contribution in [-0.2, 0) is 9.63 Å². The fourth-order valence-corrected chi connectivity index (χ4v) is 2.66. The highest BCUT2D eigenvalue weighted by Crippen LogP contribution is 2.46. The normalized spacial score (nSPS) is 28.3. The molecule has 1 saturated heterocycles. The summed E-state index contributed by atoms with van der Waals surface area (Å²) in [6, 6.07) is 0. The molecule has 1 rings (SSSR count). The van der Waals surface area contributed by atoms with Gasteiger partial charge in [-0.15, -0.1) is 0 Å². The molecule has 0 aromatic rings. The highest BCUT2D eigenvalue weighted by molar-refractivity contribution is 5.72. The Morgan fingerprint density at radius 2 is 1.76 bits per heavy atom. The first-order chi connectivity index (χ1) is 7.38. The van der Waals surface area contributed by atoms with Crippen LogP contribution in [0.1, 0.15) is 54.9 Å². The van der Waals surface area contributed by atoms with Gasteiger partial charge in [-0.05, 0) is 54.9 Å². The molecule has 0 spiro atoms. The van der Waals surface area contributed by atoms with Crippen molar-refractivity contribution in [2.75, 3.05) is 0 Å². The van der Waals surface area contributed by atoms with Crippen molar-refractivity contribution in [1.82, 2.24) is 5.06 Å². The standard InChI is InChI=1S/C13H25NO3/c1-11(2,3)17-14-12(4,5)8-9(10(15)16)13(14,6)7/h9H,8H2,1-7H3,(H,15,16). The van der Waals surface area contributed by atoms with Crippen LogP contribution in [0.15, 0.2) is 0 Å². The predicted octanol–water partition coefficient (Wildman–Crippen LogP) is 2.68. The Hall–Kier alpha value is -0.610. The van der Waals surface area contributed by atoms with E-state index >= 15 is 0 Å². The van der Waals surface area contributed by atoms with Gasteiger partial charge in [0, 0.05) is 5.54 Å². The van der Waals surface area contributed by atoms with Crippen molar-refractivity contribution in [1.29, 1.82) is 0 Å². The van der Waals surface area contributed by atoms with Crippen molar-refractivity contribution in [3.05, 3.63) is 0 Å². The smallest absolute Gasteiger partial charge is 0.308 e. The van der Waals surface area contributed by atoms with Crippen molar-refractivity contribution < 1.29 is 14.7 Å². The SMILES string of the molecule is CC(C)(C)ON1C(C)(C)CC(C(=O)O)C1(C)C. The first-order valence-electron chi connectivity index (χ1n) is 6.10. The van der Waals surface area contributed by atoms with Gasteiger partial charge >= 0.3 is 5.97 Å². The summed E-state index contributed by atoms with van der Waals surface area (Å²) in [5, 5.41) is 11.2. The van der Waals surface area contributed by atoms with Crippen LogP contribution in [-0.4, -0.2) is 32.8 Å². The van der Waals surface area contributed by atoms with Crippen LogP contribution >= 0.6 is 0 Å². The van der Waals surface area contributed by atoms with Crippen LogP contribution in [0.2, 0.25) is 0 Å². The number of aliphatic carboxylic acids is 1. The second kappa shape index (κ2) is 3.95. The summed E-state index contributed by atoms with van der Waals surface area (Å²) in [6.07, 6.45) is 0.603. The van der Waals surface area contributed by atoms with Gasteiger partial charge in [0.15, 0.2) is 0 Å². The number of hydroxylamine groups is 2. The lowest BCUT2D eigenvalue weighted by atomic mass is 9.87. The van der Waals surface area contributed by atoms with Crippen molar-refractivity contribution in [2.24, 2.45) is 5.92 Å². The largest absolute Gasteiger partial charge is 0.481 e. The number of nitrogens with zero attached hydrogens (tertiary/aromatic N) is 1. The Morgan fingerprint density at radius 3 is 2.06 bits per heavy atom. The lowest BCUT2D eigenvalue weighted by Crippen LogP contribution is -2.53. The summed E-state index contributed by atoms with van der Waals surface area (Å²) in [7, 11) is 0. The fraction of sp³-hybridized carbons (Fsp3) is 0.923. The van der Waals surface area contributed by atoms with Gasteiger partial charge in [0.05, 0.1) is 17.1 Å². The van der Waals surface area contributed by atoms with Crippen LogP contribution in [0.4, 0.5) is 0 Å². The lowest BCUT2D eigenvalue weighted by molar-refractivity contribution is -0.295. The molecule has 100 valence electrons. The zero-order valence-corrected chi connectivity index (χ0v) is 12.0. The first-order valence-corrected chi connectivity index (χ1v) is 6.10. The van der Waals surface area contributed by atoms with Crippen LogP contribution in [0.5, 0.6) is 0 Å². The Labute approximate surface area is 104 Å². The molecule has 1 atom stereocenters. The molecule has 17 heavy (non-hydrogen) atoms. The van der Waals surface area contributed by atoms with Crippen LogP contribution in [0, 0.1) is 5.92 Å². The number of carboxylic acids is 1. The first kappa shape index (κ1) is 14.5. The summed E-state index contributed by atoms with van der Waals surface area (Å²) in [5.74, 6) is -1.15. The quantitative estimate of drug-likeness (QED) is 0.810. The summed E-state index contributed by atoms with van der Waals surface area (Å²) in [5.41, 5.74) is -1.08. The summed E-state index contributed by atoms with van der Waals surface area (Å²) < 4.78 is 0. The predicted molar refractivity (Wildman–Crippen MR) is 66.6 cm³/mol. The molecule has 0 aromatic heterocycles. The molecule has 0 saturated carbocycles. The molecule has 0 radical (unpaired) electrons. The zero-order valence-electron chi connectivity index (χ0n) is 12.0. The second-order valence-electron chi connectivity index (χ2n) is 7.06.